The largest absolute Gasteiger partial charge is 0.504 e. The van der Waals surface area contributed by atoms with Gasteiger partial charge < -0.3 is 19.9 Å². The van der Waals surface area contributed by atoms with Crippen LogP contribution in [0.25, 0.3) is 22.3 Å². The van der Waals surface area contributed by atoms with E-state index in [9.17, 15) is 19.8 Å². The van der Waals surface area contributed by atoms with Gasteiger partial charge in [-0.15, -0.1) is 11.3 Å². The Kier molecular flexibility index (Phi) is 6.50. The van der Waals surface area contributed by atoms with Crippen molar-refractivity contribution in [1.82, 2.24) is 9.55 Å². The fraction of sp³-hybridized carbons (Fsp3) is 0.0833. The first-order valence-electron chi connectivity index (χ1n) is 9.80. The van der Waals surface area contributed by atoms with Gasteiger partial charge in [0.25, 0.3) is 0 Å². The van der Waals surface area contributed by atoms with Crippen molar-refractivity contribution in [3.8, 4) is 27.8 Å². The van der Waals surface area contributed by atoms with E-state index in [-0.39, 0.29) is 35.1 Å². The molecule has 2 aromatic heterocycles. The number of thiophene rings is 1. The van der Waals surface area contributed by atoms with E-state index in [1.807, 2.05) is 6.07 Å². The second-order valence-electron chi connectivity index (χ2n) is 7.08. The van der Waals surface area contributed by atoms with E-state index in [2.05, 4.69) is 4.98 Å². The number of allylic oxidation sites excluding steroid dienone is 1. The van der Waals surface area contributed by atoms with Crippen LogP contribution < -0.4 is 10.4 Å². The number of hydrogen-bond acceptors (Lipinski definition) is 6. The molecule has 0 spiro atoms. The summed E-state index contributed by atoms with van der Waals surface area (Å²) in [6.07, 6.45) is 4.62. The van der Waals surface area contributed by atoms with E-state index in [4.69, 9.17) is 16.3 Å². The first-order valence-corrected chi connectivity index (χ1v) is 11.0. The van der Waals surface area contributed by atoms with Gasteiger partial charge in [0.05, 0.1) is 34.3 Å². The lowest BCUT2D eigenvalue weighted by atomic mass is 10.1. The van der Waals surface area contributed by atoms with Crippen molar-refractivity contribution in [3.63, 3.8) is 0 Å². The number of benzene rings is 2. The van der Waals surface area contributed by atoms with Gasteiger partial charge in [0, 0.05) is 17.3 Å². The summed E-state index contributed by atoms with van der Waals surface area (Å²) in [6, 6.07) is 13.4. The fourth-order valence-electron chi connectivity index (χ4n) is 3.31. The lowest BCUT2D eigenvalue weighted by Crippen LogP contribution is -2.14. The van der Waals surface area contributed by atoms with Crippen LogP contribution in [0.2, 0.25) is 4.34 Å². The Bertz CT molecular complexity index is 1390. The highest BCUT2D eigenvalue weighted by molar-refractivity contribution is 7.19. The van der Waals surface area contributed by atoms with Gasteiger partial charge in [-0.1, -0.05) is 29.8 Å². The number of nitrogens with one attached hydrogen (secondary N) is 1. The Labute approximate surface area is 197 Å². The number of hydrogen-bond donors (Lipinski definition) is 3. The summed E-state index contributed by atoms with van der Waals surface area (Å²) >= 11 is 7.34. The molecule has 0 bridgehead atoms. The van der Waals surface area contributed by atoms with Crippen LogP contribution in [0.5, 0.6) is 11.5 Å². The lowest BCUT2D eigenvalue weighted by Gasteiger charge is -2.08. The van der Waals surface area contributed by atoms with Crippen LogP contribution in [0, 0.1) is 0 Å². The first kappa shape index (κ1) is 22.6. The zero-order valence-electron chi connectivity index (χ0n) is 17.4. The van der Waals surface area contributed by atoms with E-state index in [0.29, 0.717) is 26.8 Å². The van der Waals surface area contributed by atoms with Crippen molar-refractivity contribution in [1.29, 1.82) is 0 Å². The lowest BCUT2D eigenvalue weighted by molar-refractivity contribution is 0.104. The van der Waals surface area contributed by atoms with E-state index in [0.717, 1.165) is 4.88 Å². The summed E-state index contributed by atoms with van der Waals surface area (Å²) < 4.78 is 7.16. The number of aliphatic hydroxyl groups excluding tert-OH is 1. The molecule has 0 aliphatic heterocycles. The van der Waals surface area contributed by atoms with Gasteiger partial charge in [-0.2, -0.15) is 0 Å². The van der Waals surface area contributed by atoms with Gasteiger partial charge in [-0.05, 0) is 48.0 Å². The van der Waals surface area contributed by atoms with Crippen molar-refractivity contribution < 1.29 is 19.7 Å². The van der Waals surface area contributed by atoms with Crippen molar-refractivity contribution in [2.24, 2.45) is 0 Å². The molecule has 0 aliphatic carbocycles. The van der Waals surface area contributed by atoms with Gasteiger partial charge in [-0.3, -0.25) is 9.36 Å². The normalized spacial score (nSPS) is 11.2. The highest BCUT2D eigenvalue weighted by Gasteiger charge is 2.12. The number of aromatic nitrogens is 2. The van der Waals surface area contributed by atoms with Gasteiger partial charge >= 0.3 is 5.69 Å². The highest BCUT2D eigenvalue weighted by Crippen LogP contribution is 2.32. The molecule has 0 aliphatic rings. The number of carbonyl (C=O) groups excluding carboxylic acids is 1. The molecule has 9 heteroatoms. The summed E-state index contributed by atoms with van der Waals surface area (Å²) in [4.78, 5) is 28.9. The summed E-state index contributed by atoms with van der Waals surface area (Å²) in [7, 11) is 1.40. The molecule has 4 aromatic rings. The van der Waals surface area contributed by atoms with Crippen LogP contribution in [0.1, 0.15) is 21.5 Å². The highest BCUT2D eigenvalue weighted by atomic mass is 35.5. The number of ketones is 1. The predicted octanol–water partition coefficient (Wildman–Crippen LogP) is 4.65. The van der Waals surface area contributed by atoms with E-state index >= 15 is 0 Å². The predicted molar refractivity (Wildman–Crippen MR) is 129 cm³/mol. The standard InChI is InChI=1S/C24H19ClN2O5S/c1-32-20-10-14(9-16(13-28)23(20)30)5-6-19(29)15-3-2-4-17(11-15)27-12-18(26-24(27)31)21-7-8-22(25)33-21/h2-12,28,30H,13H2,1H3,(H,26,31). The van der Waals surface area contributed by atoms with Crippen LogP contribution in [-0.2, 0) is 6.61 Å². The number of ether oxygens (including phenoxy) is 1. The number of methoxy groups -OCH3 is 1. The maximum absolute atomic E-state index is 12.8. The molecule has 0 unspecified atom stereocenters. The number of aliphatic hydroxyl groups is 1. The van der Waals surface area contributed by atoms with E-state index in [1.54, 1.807) is 54.7 Å². The molecule has 33 heavy (non-hydrogen) atoms. The van der Waals surface area contributed by atoms with Crippen LogP contribution in [0.4, 0.5) is 0 Å². The molecular formula is C24H19ClN2O5S. The molecule has 0 radical (unpaired) electrons. The van der Waals surface area contributed by atoms with E-state index < -0.39 is 0 Å². The molecule has 0 saturated heterocycles. The zero-order chi connectivity index (χ0) is 23.5. The zero-order valence-corrected chi connectivity index (χ0v) is 19.0. The minimum Gasteiger partial charge on any atom is -0.504 e. The minimum absolute atomic E-state index is 0.141. The Balaban J connectivity index is 1.61. The molecule has 4 rings (SSSR count). The number of halogens is 1. The smallest absolute Gasteiger partial charge is 0.330 e. The summed E-state index contributed by atoms with van der Waals surface area (Å²) in [6.45, 7) is -0.370. The SMILES string of the molecule is COc1cc(C=CC(=O)c2cccc(-n3cc(-c4ccc(Cl)s4)[nH]c3=O)c2)cc(CO)c1O. The van der Waals surface area contributed by atoms with Gasteiger partial charge in [-0.25, -0.2) is 4.79 Å². The Morgan fingerprint density at radius 1 is 1.24 bits per heavy atom. The van der Waals surface area contributed by atoms with Gasteiger partial charge in [0.15, 0.2) is 17.3 Å². The summed E-state index contributed by atoms with van der Waals surface area (Å²) in [5.74, 6) is -0.217. The molecule has 3 N–H and O–H groups in total. The number of aromatic hydroxyl groups is 1. The number of carbonyl (C=O) groups is 1. The van der Waals surface area contributed by atoms with Crippen molar-refractivity contribution >= 4 is 34.8 Å². The van der Waals surface area contributed by atoms with Gasteiger partial charge in [0.1, 0.15) is 0 Å². The van der Waals surface area contributed by atoms with Crippen molar-refractivity contribution in [2.75, 3.05) is 7.11 Å². The van der Waals surface area contributed by atoms with Crippen LogP contribution in [0.3, 0.4) is 0 Å². The molecule has 0 fully saturated rings. The second kappa shape index (κ2) is 9.50. The number of nitrogens with zero attached hydrogens (tertiary/aromatic N) is 1. The van der Waals surface area contributed by atoms with Crippen LogP contribution in [-0.4, -0.2) is 32.7 Å². The van der Waals surface area contributed by atoms with Crippen LogP contribution >= 0.6 is 22.9 Å². The number of aromatic amines is 1. The van der Waals surface area contributed by atoms with Crippen molar-refractivity contribution in [3.05, 3.63) is 92.3 Å². The molecule has 168 valence electrons. The molecule has 0 atom stereocenters. The number of H-pyrrole nitrogens is 1. The third-order valence-corrected chi connectivity index (χ3v) is 6.22. The monoisotopic (exact) mass is 482 g/mol. The quantitative estimate of drug-likeness (QED) is 0.263. The topological polar surface area (TPSA) is 105 Å². The molecule has 2 aromatic carbocycles. The first-order chi connectivity index (χ1) is 15.9. The molecule has 0 amide bonds. The molecule has 2 heterocycles. The summed E-state index contributed by atoms with van der Waals surface area (Å²) in [5.41, 5.74) is 2.11. The van der Waals surface area contributed by atoms with Crippen LogP contribution in [0.15, 0.2) is 65.6 Å². The third kappa shape index (κ3) is 4.78. The minimum atomic E-state index is -0.370. The van der Waals surface area contributed by atoms with Crippen molar-refractivity contribution in [2.45, 2.75) is 6.61 Å². The number of imidazole rings is 1. The Morgan fingerprint density at radius 2 is 2.06 bits per heavy atom. The second-order valence-corrected chi connectivity index (χ2v) is 8.80. The average molecular weight is 483 g/mol. The average Bonchev–Trinajstić information content (AvgIpc) is 3.43. The molecule has 7 nitrogen and oxygen atoms in total. The Morgan fingerprint density at radius 3 is 2.76 bits per heavy atom. The third-order valence-electron chi connectivity index (χ3n) is 4.96. The maximum Gasteiger partial charge on any atom is 0.330 e. The maximum atomic E-state index is 12.8. The Hall–Kier alpha value is -3.59. The summed E-state index contributed by atoms with van der Waals surface area (Å²) in [5, 5.41) is 19.4. The van der Waals surface area contributed by atoms with Gasteiger partial charge in [0.2, 0.25) is 0 Å². The number of phenols is 1. The number of rotatable bonds is 7. The molecular weight excluding hydrogens is 464 g/mol. The molecule has 0 saturated carbocycles. The fourth-order valence-corrected chi connectivity index (χ4v) is 4.32. The van der Waals surface area contributed by atoms with E-state index in [1.165, 1.54) is 29.1 Å².